The summed E-state index contributed by atoms with van der Waals surface area (Å²) < 4.78 is 5.24. The molecule has 0 bridgehead atoms. The summed E-state index contributed by atoms with van der Waals surface area (Å²) in [6.07, 6.45) is 2.57. The second-order valence-corrected chi connectivity index (χ2v) is 6.40. The Kier molecular flexibility index (Phi) is 4.71. The maximum absolute atomic E-state index is 5.24. The minimum absolute atomic E-state index is 0.628. The zero-order valence-electron chi connectivity index (χ0n) is 12.4. The Morgan fingerprint density at radius 1 is 1.10 bits per heavy atom. The molecule has 0 aliphatic carbocycles. The van der Waals surface area contributed by atoms with Crippen LogP contribution in [0.1, 0.15) is 12.8 Å². The highest BCUT2D eigenvalue weighted by molar-refractivity contribution is 7.99. The van der Waals surface area contributed by atoms with Gasteiger partial charge in [0.1, 0.15) is 5.75 Å². The lowest BCUT2D eigenvalue weighted by molar-refractivity contribution is 0.415. The molecule has 1 aliphatic heterocycles. The molecule has 0 saturated carbocycles. The van der Waals surface area contributed by atoms with Gasteiger partial charge in [0.15, 0.2) is 0 Å². The van der Waals surface area contributed by atoms with Crippen LogP contribution in [0.15, 0.2) is 59.5 Å². The van der Waals surface area contributed by atoms with Gasteiger partial charge in [-0.2, -0.15) is 0 Å². The molecule has 2 aromatic rings. The molecule has 3 rings (SSSR count). The molecule has 2 nitrogen and oxygen atoms in total. The van der Waals surface area contributed by atoms with Gasteiger partial charge in [-0.3, -0.25) is 0 Å². The average molecular weight is 299 g/mol. The smallest absolute Gasteiger partial charge is 0.119 e. The lowest BCUT2D eigenvalue weighted by Gasteiger charge is -2.26. The average Bonchev–Trinajstić information content (AvgIpc) is 3.02. The zero-order valence-corrected chi connectivity index (χ0v) is 13.2. The second kappa shape index (κ2) is 6.90. The van der Waals surface area contributed by atoms with Crippen molar-refractivity contribution in [2.24, 2.45) is 0 Å². The van der Waals surface area contributed by atoms with Crippen LogP contribution in [0.4, 0.5) is 5.69 Å². The summed E-state index contributed by atoms with van der Waals surface area (Å²) in [7, 11) is 1.71. The SMILES string of the molecule is COc1ccc(N2CCCC2CSc2ccccc2)cc1. The fraction of sp³-hybridized carbons (Fsp3) is 0.333. The van der Waals surface area contributed by atoms with Crippen LogP contribution in [0.3, 0.4) is 0 Å². The van der Waals surface area contributed by atoms with Gasteiger partial charge in [-0.05, 0) is 49.2 Å². The number of hydrogen-bond donors (Lipinski definition) is 0. The fourth-order valence-corrected chi connectivity index (χ4v) is 3.91. The van der Waals surface area contributed by atoms with Crippen LogP contribution in [0.5, 0.6) is 5.75 Å². The summed E-state index contributed by atoms with van der Waals surface area (Å²) in [5.74, 6) is 2.07. The minimum atomic E-state index is 0.628. The van der Waals surface area contributed by atoms with Gasteiger partial charge in [-0.1, -0.05) is 18.2 Å². The van der Waals surface area contributed by atoms with Crippen molar-refractivity contribution < 1.29 is 4.74 Å². The van der Waals surface area contributed by atoms with Crippen molar-refractivity contribution in [3.63, 3.8) is 0 Å². The first-order chi connectivity index (χ1) is 10.4. The van der Waals surface area contributed by atoms with Crippen LogP contribution >= 0.6 is 11.8 Å². The Labute approximate surface area is 131 Å². The molecule has 1 fully saturated rings. The highest BCUT2D eigenvalue weighted by Gasteiger charge is 2.24. The number of nitrogens with zero attached hydrogens (tertiary/aromatic N) is 1. The van der Waals surface area contributed by atoms with Gasteiger partial charge in [0.25, 0.3) is 0 Å². The van der Waals surface area contributed by atoms with E-state index in [1.165, 1.54) is 23.4 Å². The number of hydrogen-bond acceptors (Lipinski definition) is 3. The minimum Gasteiger partial charge on any atom is -0.497 e. The Bertz CT molecular complexity index is 555. The Hall–Kier alpha value is -1.61. The zero-order chi connectivity index (χ0) is 14.5. The number of ether oxygens (including phenoxy) is 1. The molecule has 1 aliphatic rings. The van der Waals surface area contributed by atoms with E-state index >= 15 is 0 Å². The van der Waals surface area contributed by atoms with Crippen molar-refractivity contribution in [1.29, 1.82) is 0 Å². The normalized spacial score (nSPS) is 18.0. The van der Waals surface area contributed by atoms with Gasteiger partial charge in [0.05, 0.1) is 7.11 Å². The third-order valence-corrected chi connectivity index (χ3v) is 5.12. The molecule has 1 atom stereocenters. The van der Waals surface area contributed by atoms with Gasteiger partial charge in [-0.15, -0.1) is 11.8 Å². The molecular formula is C18H21NOS. The molecule has 0 N–H and O–H groups in total. The monoisotopic (exact) mass is 299 g/mol. The number of methoxy groups -OCH3 is 1. The maximum Gasteiger partial charge on any atom is 0.119 e. The van der Waals surface area contributed by atoms with Crippen molar-refractivity contribution >= 4 is 17.4 Å². The second-order valence-electron chi connectivity index (χ2n) is 5.31. The Balaban J connectivity index is 1.64. The molecule has 2 aromatic carbocycles. The molecule has 1 heterocycles. The summed E-state index contributed by atoms with van der Waals surface area (Å²) >= 11 is 1.96. The highest BCUT2D eigenvalue weighted by Crippen LogP contribution is 2.30. The van der Waals surface area contributed by atoms with Crippen LogP contribution in [-0.4, -0.2) is 25.4 Å². The van der Waals surface area contributed by atoms with Gasteiger partial charge in [0, 0.05) is 28.9 Å². The standard InChI is InChI=1S/C18H21NOS/c1-20-17-11-9-15(10-12-17)19-13-5-6-16(19)14-21-18-7-3-2-4-8-18/h2-4,7-12,16H,5-6,13-14H2,1H3. The highest BCUT2D eigenvalue weighted by atomic mass is 32.2. The maximum atomic E-state index is 5.24. The third-order valence-electron chi connectivity index (χ3n) is 3.97. The molecule has 0 amide bonds. The predicted molar refractivity (Wildman–Crippen MR) is 90.5 cm³/mol. The van der Waals surface area contributed by atoms with Crippen molar-refractivity contribution in [3.8, 4) is 5.75 Å². The van der Waals surface area contributed by atoms with E-state index in [0.29, 0.717) is 6.04 Å². The van der Waals surface area contributed by atoms with Crippen LogP contribution in [0, 0.1) is 0 Å². The summed E-state index contributed by atoms with van der Waals surface area (Å²) in [4.78, 5) is 3.90. The number of benzene rings is 2. The van der Waals surface area contributed by atoms with E-state index in [2.05, 4.69) is 59.5 Å². The molecule has 0 aromatic heterocycles. The first kappa shape index (κ1) is 14.3. The van der Waals surface area contributed by atoms with E-state index < -0.39 is 0 Å². The van der Waals surface area contributed by atoms with Crippen LogP contribution in [-0.2, 0) is 0 Å². The van der Waals surface area contributed by atoms with Crippen LogP contribution < -0.4 is 9.64 Å². The van der Waals surface area contributed by atoms with E-state index in [4.69, 9.17) is 4.74 Å². The van der Waals surface area contributed by atoms with Crippen LogP contribution in [0.25, 0.3) is 0 Å². The van der Waals surface area contributed by atoms with Gasteiger partial charge in [-0.25, -0.2) is 0 Å². The molecule has 0 radical (unpaired) electrons. The topological polar surface area (TPSA) is 12.5 Å². The predicted octanol–water partition coefficient (Wildman–Crippen LogP) is 4.46. The molecule has 3 heteroatoms. The van der Waals surface area contributed by atoms with Crippen molar-refractivity contribution in [3.05, 3.63) is 54.6 Å². The first-order valence-corrected chi connectivity index (χ1v) is 8.44. The van der Waals surface area contributed by atoms with Crippen LogP contribution in [0.2, 0.25) is 0 Å². The van der Waals surface area contributed by atoms with E-state index in [9.17, 15) is 0 Å². The molecular weight excluding hydrogens is 278 g/mol. The summed E-state index contributed by atoms with van der Waals surface area (Å²) in [6, 6.07) is 19.7. The quantitative estimate of drug-likeness (QED) is 0.757. The molecule has 1 saturated heterocycles. The van der Waals surface area contributed by atoms with Gasteiger partial charge >= 0.3 is 0 Å². The fourth-order valence-electron chi connectivity index (χ4n) is 2.83. The van der Waals surface area contributed by atoms with E-state index in [1.807, 2.05) is 11.8 Å². The number of thioether (sulfide) groups is 1. The Morgan fingerprint density at radius 2 is 1.86 bits per heavy atom. The van der Waals surface area contributed by atoms with E-state index in [1.54, 1.807) is 7.11 Å². The van der Waals surface area contributed by atoms with Gasteiger partial charge < -0.3 is 9.64 Å². The number of anilines is 1. The molecule has 21 heavy (non-hydrogen) atoms. The van der Waals surface area contributed by atoms with Crippen molar-refractivity contribution in [1.82, 2.24) is 0 Å². The summed E-state index contributed by atoms with van der Waals surface area (Å²) in [5.41, 5.74) is 1.31. The van der Waals surface area contributed by atoms with Gasteiger partial charge in [0.2, 0.25) is 0 Å². The number of rotatable bonds is 5. The first-order valence-electron chi connectivity index (χ1n) is 7.45. The van der Waals surface area contributed by atoms with E-state index in [-0.39, 0.29) is 0 Å². The van der Waals surface area contributed by atoms with E-state index in [0.717, 1.165) is 18.0 Å². The summed E-state index contributed by atoms with van der Waals surface area (Å²) in [6.45, 7) is 1.16. The Morgan fingerprint density at radius 3 is 2.57 bits per heavy atom. The summed E-state index contributed by atoms with van der Waals surface area (Å²) in [5, 5.41) is 0. The molecule has 0 spiro atoms. The molecule has 1 unspecified atom stereocenters. The lowest BCUT2D eigenvalue weighted by Crippen LogP contribution is -2.31. The van der Waals surface area contributed by atoms with Crippen molar-refractivity contribution in [2.75, 3.05) is 24.3 Å². The molecule has 110 valence electrons. The third kappa shape index (κ3) is 3.53. The largest absolute Gasteiger partial charge is 0.497 e. The van der Waals surface area contributed by atoms with Crippen molar-refractivity contribution in [2.45, 2.75) is 23.8 Å². The lowest BCUT2D eigenvalue weighted by atomic mass is 10.2.